The van der Waals surface area contributed by atoms with Crippen LogP contribution >= 0.6 is 0 Å². The Kier molecular flexibility index (Phi) is 2.91. The zero-order chi connectivity index (χ0) is 12.5. The van der Waals surface area contributed by atoms with Crippen LogP contribution in [0.25, 0.3) is 0 Å². The van der Waals surface area contributed by atoms with Crippen molar-refractivity contribution < 1.29 is 9.52 Å². The molecule has 96 valence electrons. The number of nitrogens with zero attached hydrogens (tertiary/aromatic N) is 3. The van der Waals surface area contributed by atoms with Gasteiger partial charge < -0.3 is 14.1 Å². The van der Waals surface area contributed by atoms with Gasteiger partial charge in [-0.3, -0.25) is 0 Å². The highest BCUT2D eigenvalue weighted by atomic mass is 16.4. The van der Waals surface area contributed by atoms with E-state index < -0.39 is 0 Å². The fraction of sp³-hybridized carbons (Fsp3) is 0.538. The van der Waals surface area contributed by atoms with E-state index in [0.717, 1.165) is 31.2 Å². The van der Waals surface area contributed by atoms with Gasteiger partial charge in [0.05, 0.1) is 6.10 Å². The Hall–Kier alpha value is -1.62. The molecule has 2 heterocycles. The molecule has 3 rings (SSSR count). The number of aliphatic hydroxyl groups is 1. The van der Waals surface area contributed by atoms with Crippen molar-refractivity contribution in [2.24, 2.45) is 0 Å². The lowest BCUT2D eigenvalue weighted by atomic mass is 9.93. The molecule has 2 aromatic heterocycles. The Morgan fingerprint density at radius 2 is 2.22 bits per heavy atom. The zero-order valence-corrected chi connectivity index (χ0v) is 10.5. The van der Waals surface area contributed by atoms with E-state index in [4.69, 9.17) is 4.42 Å². The molecule has 1 unspecified atom stereocenters. The summed E-state index contributed by atoms with van der Waals surface area (Å²) in [4.78, 5) is 0. The van der Waals surface area contributed by atoms with E-state index >= 15 is 0 Å². The topological polar surface area (TPSA) is 64.1 Å². The van der Waals surface area contributed by atoms with Crippen LogP contribution in [0, 0.1) is 0 Å². The molecule has 0 fully saturated rings. The van der Waals surface area contributed by atoms with Crippen molar-refractivity contribution in [1.29, 1.82) is 0 Å². The Balaban J connectivity index is 1.81. The number of aliphatic hydroxyl groups excluding tert-OH is 1. The average molecular weight is 247 g/mol. The van der Waals surface area contributed by atoms with E-state index in [1.807, 2.05) is 17.7 Å². The predicted molar refractivity (Wildman–Crippen MR) is 65.1 cm³/mol. The van der Waals surface area contributed by atoms with Crippen molar-refractivity contribution in [3.8, 4) is 0 Å². The number of aromatic nitrogens is 3. The maximum absolute atomic E-state index is 9.92. The molecule has 1 aliphatic carbocycles. The molecule has 1 atom stereocenters. The largest absolute Gasteiger partial charge is 0.423 e. The molecule has 0 aromatic carbocycles. The summed E-state index contributed by atoms with van der Waals surface area (Å²) in [6.45, 7) is 2.56. The summed E-state index contributed by atoms with van der Waals surface area (Å²) < 4.78 is 7.51. The van der Waals surface area contributed by atoms with Crippen molar-refractivity contribution in [2.45, 2.75) is 45.3 Å². The van der Waals surface area contributed by atoms with Crippen molar-refractivity contribution >= 4 is 0 Å². The van der Waals surface area contributed by atoms with Gasteiger partial charge in [-0.2, -0.15) is 0 Å². The van der Waals surface area contributed by atoms with Crippen LogP contribution in [0.3, 0.4) is 0 Å². The van der Waals surface area contributed by atoms with Crippen LogP contribution in [0.4, 0.5) is 0 Å². The molecular formula is C13H17N3O2. The van der Waals surface area contributed by atoms with Gasteiger partial charge in [-0.15, -0.1) is 10.2 Å². The van der Waals surface area contributed by atoms with Crippen LogP contribution in [-0.2, 0) is 19.4 Å². The first-order valence-corrected chi connectivity index (χ1v) is 6.44. The number of fused-ring (bicyclic) bond motifs is 1. The van der Waals surface area contributed by atoms with Gasteiger partial charge in [-0.25, -0.2) is 0 Å². The average Bonchev–Trinajstić information content (AvgIpc) is 2.96. The number of rotatable bonds is 3. The Morgan fingerprint density at radius 3 is 2.94 bits per heavy atom. The molecule has 0 saturated heterocycles. The van der Waals surface area contributed by atoms with E-state index in [-0.39, 0.29) is 6.10 Å². The molecule has 5 heteroatoms. The minimum atomic E-state index is -0.316. The molecule has 0 radical (unpaired) electrons. The molecule has 18 heavy (non-hydrogen) atoms. The predicted octanol–water partition coefficient (Wildman–Crippen LogP) is 1.85. The van der Waals surface area contributed by atoms with Gasteiger partial charge in [0.2, 0.25) is 11.8 Å². The van der Waals surface area contributed by atoms with E-state index in [9.17, 15) is 5.11 Å². The van der Waals surface area contributed by atoms with Gasteiger partial charge >= 0.3 is 0 Å². The zero-order valence-electron chi connectivity index (χ0n) is 10.5. The van der Waals surface area contributed by atoms with Gasteiger partial charge in [-0.05, 0) is 24.8 Å². The van der Waals surface area contributed by atoms with Crippen LogP contribution in [0.2, 0.25) is 0 Å². The molecule has 0 spiro atoms. The molecule has 0 saturated carbocycles. The molecule has 1 aliphatic rings. The van der Waals surface area contributed by atoms with Crippen LogP contribution in [0.15, 0.2) is 16.8 Å². The highest BCUT2D eigenvalue weighted by molar-refractivity contribution is 5.29. The number of hydrogen-bond donors (Lipinski definition) is 1. The minimum Gasteiger partial charge on any atom is -0.423 e. The highest BCUT2D eigenvalue weighted by Crippen LogP contribution is 2.30. The standard InChI is InChI=1S/C13H17N3O2/c1-2-12-14-15-13(18-12)8-16-6-9-4-3-5-11(17)10(9)7-16/h6-7,11,17H,2-5,8H2,1H3. The second-order valence-corrected chi connectivity index (χ2v) is 4.76. The first-order chi connectivity index (χ1) is 8.76. The minimum absolute atomic E-state index is 0.316. The first-order valence-electron chi connectivity index (χ1n) is 6.44. The lowest BCUT2D eigenvalue weighted by molar-refractivity contribution is 0.157. The summed E-state index contributed by atoms with van der Waals surface area (Å²) in [7, 11) is 0. The van der Waals surface area contributed by atoms with Gasteiger partial charge in [0.15, 0.2) is 0 Å². The lowest BCUT2D eigenvalue weighted by Crippen LogP contribution is -2.05. The number of hydrogen-bond acceptors (Lipinski definition) is 4. The Morgan fingerprint density at radius 1 is 1.39 bits per heavy atom. The molecular weight excluding hydrogens is 230 g/mol. The second-order valence-electron chi connectivity index (χ2n) is 4.76. The quantitative estimate of drug-likeness (QED) is 0.899. The van der Waals surface area contributed by atoms with E-state index in [1.165, 1.54) is 5.56 Å². The summed E-state index contributed by atoms with van der Waals surface area (Å²) in [5.74, 6) is 1.29. The lowest BCUT2D eigenvalue weighted by Gasteiger charge is -2.16. The molecule has 2 aromatic rings. The third kappa shape index (κ3) is 2.06. The highest BCUT2D eigenvalue weighted by Gasteiger charge is 2.20. The summed E-state index contributed by atoms with van der Waals surface area (Å²) in [6, 6.07) is 0. The summed E-state index contributed by atoms with van der Waals surface area (Å²) in [5.41, 5.74) is 2.29. The second kappa shape index (κ2) is 4.57. The van der Waals surface area contributed by atoms with Crippen molar-refractivity contribution in [1.82, 2.24) is 14.8 Å². The Bertz CT molecular complexity index is 544. The van der Waals surface area contributed by atoms with Crippen molar-refractivity contribution in [3.63, 3.8) is 0 Å². The maximum Gasteiger partial charge on any atom is 0.236 e. The van der Waals surface area contributed by atoms with E-state index in [0.29, 0.717) is 18.3 Å². The van der Waals surface area contributed by atoms with E-state index in [1.54, 1.807) is 0 Å². The maximum atomic E-state index is 9.92. The van der Waals surface area contributed by atoms with Gasteiger partial charge in [-0.1, -0.05) is 6.92 Å². The third-order valence-electron chi connectivity index (χ3n) is 3.41. The van der Waals surface area contributed by atoms with Gasteiger partial charge in [0.25, 0.3) is 0 Å². The number of aryl methyl sites for hydroxylation is 2. The normalized spacial score (nSPS) is 18.9. The molecule has 1 N–H and O–H groups in total. The fourth-order valence-electron chi connectivity index (χ4n) is 2.47. The summed E-state index contributed by atoms with van der Waals surface area (Å²) >= 11 is 0. The Labute approximate surface area is 105 Å². The molecule has 0 bridgehead atoms. The molecule has 5 nitrogen and oxygen atoms in total. The fourth-order valence-corrected chi connectivity index (χ4v) is 2.47. The van der Waals surface area contributed by atoms with Crippen molar-refractivity contribution in [3.05, 3.63) is 35.3 Å². The van der Waals surface area contributed by atoms with Crippen LogP contribution < -0.4 is 0 Å². The van der Waals surface area contributed by atoms with Crippen LogP contribution in [0.1, 0.15) is 48.8 Å². The van der Waals surface area contributed by atoms with Gasteiger partial charge in [0.1, 0.15) is 6.54 Å². The first kappa shape index (κ1) is 11.5. The van der Waals surface area contributed by atoms with Gasteiger partial charge in [0, 0.05) is 24.4 Å². The monoisotopic (exact) mass is 247 g/mol. The van der Waals surface area contributed by atoms with Crippen molar-refractivity contribution in [2.75, 3.05) is 0 Å². The van der Waals surface area contributed by atoms with Crippen LogP contribution in [-0.4, -0.2) is 19.9 Å². The third-order valence-corrected chi connectivity index (χ3v) is 3.41. The molecule has 0 amide bonds. The summed E-state index contributed by atoms with van der Waals surface area (Å²) in [5, 5.41) is 17.9. The molecule has 0 aliphatic heterocycles. The van der Waals surface area contributed by atoms with Crippen LogP contribution in [0.5, 0.6) is 0 Å². The SMILES string of the molecule is CCc1nnc(Cn2cc3c(c2)C(O)CCC3)o1. The summed E-state index contributed by atoms with van der Waals surface area (Å²) in [6.07, 6.45) is 7.47. The van der Waals surface area contributed by atoms with E-state index in [2.05, 4.69) is 16.4 Å². The smallest absolute Gasteiger partial charge is 0.236 e.